The number of para-hydroxylation sites is 1. The Bertz CT molecular complexity index is 881. The molecule has 2 heterocycles. The third kappa shape index (κ3) is 1.40. The monoisotopic (exact) mass is 364 g/mol. The van der Waals surface area contributed by atoms with Crippen LogP contribution in [0.1, 0.15) is 19.3 Å². The number of carbonyl (C=O) groups is 3. The van der Waals surface area contributed by atoms with Crippen molar-refractivity contribution in [2.24, 2.45) is 23.7 Å². The second kappa shape index (κ2) is 4.61. The van der Waals surface area contributed by atoms with Crippen molar-refractivity contribution in [1.29, 1.82) is 0 Å². The summed E-state index contributed by atoms with van der Waals surface area (Å²) in [6, 6.07) is 9.17. The SMILES string of the molecule is COC(=O)N1C23CCCC12C1C=CC3C2C(=O)N(c3ccccc3)C(=O)C21. The van der Waals surface area contributed by atoms with Crippen molar-refractivity contribution in [2.75, 3.05) is 12.0 Å². The average molecular weight is 364 g/mol. The molecule has 2 bridgehead atoms. The van der Waals surface area contributed by atoms with Crippen LogP contribution in [-0.2, 0) is 14.3 Å². The van der Waals surface area contributed by atoms with Crippen LogP contribution >= 0.6 is 0 Å². The molecular formula is C21H20N2O4. The Hall–Kier alpha value is -2.63. The summed E-state index contributed by atoms with van der Waals surface area (Å²) in [7, 11) is 1.40. The van der Waals surface area contributed by atoms with Crippen LogP contribution in [0.15, 0.2) is 42.5 Å². The van der Waals surface area contributed by atoms with E-state index in [1.165, 1.54) is 12.0 Å². The first-order valence-electron chi connectivity index (χ1n) is 9.59. The largest absolute Gasteiger partial charge is 0.453 e. The van der Waals surface area contributed by atoms with E-state index in [9.17, 15) is 14.4 Å². The Balaban J connectivity index is 1.48. The van der Waals surface area contributed by atoms with Gasteiger partial charge in [0.25, 0.3) is 0 Å². The maximum Gasteiger partial charge on any atom is 0.410 e. The van der Waals surface area contributed by atoms with Crippen molar-refractivity contribution in [3.8, 4) is 0 Å². The van der Waals surface area contributed by atoms with Crippen molar-refractivity contribution in [3.63, 3.8) is 0 Å². The molecule has 6 atom stereocenters. The zero-order valence-corrected chi connectivity index (χ0v) is 15.0. The van der Waals surface area contributed by atoms with Crippen LogP contribution in [0.25, 0.3) is 0 Å². The van der Waals surface area contributed by atoms with Crippen molar-refractivity contribution in [2.45, 2.75) is 30.3 Å². The lowest BCUT2D eigenvalue weighted by Crippen LogP contribution is -2.53. The summed E-state index contributed by atoms with van der Waals surface area (Å²) in [6.45, 7) is 0. The summed E-state index contributed by atoms with van der Waals surface area (Å²) < 4.78 is 5.06. The predicted octanol–water partition coefficient (Wildman–Crippen LogP) is 2.35. The molecular weight excluding hydrogens is 344 g/mol. The number of benzene rings is 1. The lowest BCUT2D eigenvalue weighted by atomic mass is 9.55. The number of rotatable bonds is 1. The fraction of sp³-hybridized carbons (Fsp3) is 0.476. The molecule has 6 aliphatic rings. The minimum atomic E-state index is -0.381. The van der Waals surface area contributed by atoms with E-state index in [1.807, 2.05) is 23.1 Å². The topological polar surface area (TPSA) is 66.7 Å². The fourth-order valence-corrected chi connectivity index (χ4v) is 7.10. The van der Waals surface area contributed by atoms with E-state index in [-0.39, 0.29) is 52.7 Å². The average Bonchev–Trinajstić information content (AvgIpc) is 2.96. The van der Waals surface area contributed by atoms with E-state index >= 15 is 0 Å². The summed E-state index contributed by atoms with van der Waals surface area (Å²) in [5.41, 5.74) is -0.0490. The number of amides is 3. The number of likely N-dealkylation sites (tertiary alicyclic amines) is 1. The minimum Gasteiger partial charge on any atom is -0.453 e. The molecule has 6 unspecified atom stereocenters. The molecule has 6 heteroatoms. The summed E-state index contributed by atoms with van der Waals surface area (Å²) in [4.78, 5) is 42.5. The molecule has 3 amide bonds. The Morgan fingerprint density at radius 2 is 1.56 bits per heavy atom. The smallest absolute Gasteiger partial charge is 0.410 e. The summed E-state index contributed by atoms with van der Waals surface area (Å²) in [5.74, 6) is -1.23. The van der Waals surface area contributed by atoms with Crippen molar-refractivity contribution < 1.29 is 19.1 Å². The van der Waals surface area contributed by atoms with Gasteiger partial charge in [0.15, 0.2) is 0 Å². The van der Waals surface area contributed by atoms with E-state index in [0.717, 1.165) is 19.3 Å². The highest BCUT2D eigenvalue weighted by Crippen LogP contribution is 2.78. The first-order valence-corrected chi connectivity index (χ1v) is 9.59. The molecule has 1 aromatic carbocycles. The quantitative estimate of drug-likeness (QED) is 0.436. The van der Waals surface area contributed by atoms with Crippen LogP contribution in [0.4, 0.5) is 10.5 Å². The highest BCUT2D eigenvalue weighted by Gasteiger charge is 2.90. The van der Waals surface area contributed by atoms with Gasteiger partial charge >= 0.3 is 6.09 Å². The highest BCUT2D eigenvalue weighted by molar-refractivity contribution is 6.23. The summed E-state index contributed by atoms with van der Waals surface area (Å²) in [5, 5.41) is 0. The third-order valence-electron chi connectivity index (χ3n) is 7.79. The molecule has 0 spiro atoms. The number of ether oxygens (including phenoxy) is 1. The van der Waals surface area contributed by atoms with Crippen molar-refractivity contribution in [3.05, 3.63) is 42.5 Å². The number of imide groups is 1. The minimum absolute atomic E-state index is 0.112. The molecule has 138 valence electrons. The molecule has 27 heavy (non-hydrogen) atoms. The van der Waals surface area contributed by atoms with Gasteiger partial charge in [-0.05, 0) is 31.4 Å². The van der Waals surface area contributed by atoms with Crippen LogP contribution in [0.2, 0.25) is 0 Å². The van der Waals surface area contributed by atoms with E-state index in [2.05, 4.69) is 12.2 Å². The van der Waals surface area contributed by atoms with Crippen LogP contribution in [0.3, 0.4) is 0 Å². The van der Waals surface area contributed by atoms with Crippen LogP contribution in [0, 0.1) is 23.7 Å². The van der Waals surface area contributed by atoms with Gasteiger partial charge in [-0.1, -0.05) is 30.4 Å². The maximum atomic E-state index is 13.4. The maximum absolute atomic E-state index is 13.4. The third-order valence-corrected chi connectivity index (χ3v) is 7.79. The van der Waals surface area contributed by atoms with Gasteiger partial charge in [0, 0.05) is 11.8 Å². The Morgan fingerprint density at radius 1 is 1.00 bits per heavy atom. The van der Waals surface area contributed by atoms with Crippen molar-refractivity contribution >= 4 is 23.6 Å². The summed E-state index contributed by atoms with van der Waals surface area (Å²) in [6.07, 6.45) is 6.64. The number of carbonyl (C=O) groups excluding carboxylic acids is 3. The summed E-state index contributed by atoms with van der Waals surface area (Å²) >= 11 is 0. The number of piperidine rings is 1. The molecule has 2 saturated heterocycles. The second-order valence-corrected chi connectivity index (χ2v) is 8.34. The molecule has 0 radical (unpaired) electrons. The zero-order chi connectivity index (χ0) is 18.6. The van der Waals surface area contributed by atoms with Crippen LogP contribution < -0.4 is 4.90 Å². The molecule has 6 nitrogen and oxygen atoms in total. The number of methoxy groups -OCH3 is 1. The normalized spacial score (nSPS) is 42.9. The number of hydrogen-bond donors (Lipinski definition) is 0. The molecule has 4 aliphatic carbocycles. The van der Waals surface area contributed by atoms with E-state index in [1.54, 1.807) is 12.1 Å². The van der Waals surface area contributed by atoms with E-state index < -0.39 is 0 Å². The molecule has 0 N–H and O–H groups in total. The van der Waals surface area contributed by atoms with E-state index in [0.29, 0.717) is 5.69 Å². The predicted molar refractivity (Wildman–Crippen MR) is 95.6 cm³/mol. The van der Waals surface area contributed by atoms with Gasteiger partial charge in [-0.15, -0.1) is 0 Å². The standard InChI is InChI=1S/C21H20N2O4/c1-27-19(26)23-20-10-5-11-21(20,23)14-9-8-13(20)15-16(14)18(25)22(17(15)24)12-6-3-2-4-7-12/h2-4,6-9,13-16H,5,10-11H2,1H3. The van der Waals surface area contributed by atoms with Crippen molar-refractivity contribution in [1.82, 2.24) is 4.90 Å². The van der Waals surface area contributed by atoms with Gasteiger partial charge in [-0.2, -0.15) is 0 Å². The molecule has 7 rings (SSSR count). The number of nitrogens with zero attached hydrogens (tertiary/aromatic N) is 2. The van der Waals surface area contributed by atoms with Crippen LogP contribution in [0.5, 0.6) is 0 Å². The first kappa shape index (κ1) is 15.4. The van der Waals surface area contributed by atoms with Gasteiger partial charge in [0.1, 0.15) is 0 Å². The first-order chi connectivity index (χ1) is 13.1. The molecule has 4 fully saturated rings. The second-order valence-electron chi connectivity index (χ2n) is 8.34. The molecule has 0 aromatic heterocycles. The highest BCUT2D eigenvalue weighted by atomic mass is 16.5. The number of anilines is 1. The van der Waals surface area contributed by atoms with Gasteiger partial charge < -0.3 is 4.74 Å². The number of hydrogen-bond acceptors (Lipinski definition) is 4. The lowest BCUT2D eigenvalue weighted by Gasteiger charge is -2.43. The molecule has 1 aromatic rings. The fourth-order valence-electron chi connectivity index (χ4n) is 7.10. The lowest BCUT2D eigenvalue weighted by molar-refractivity contribution is -0.125. The van der Waals surface area contributed by atoms with Crippen LogP contribution in [-0.4, -0.2) is 41.0 Å². The molecule has 2 aliphatic heterocycles. The van der Waals surface area contributed by atoms with Gasteiger partial charge in [0.05, 0.1) is 35.7 Å². The Morgan fingerprint density at radius 3 is 2.07 bits per heavy atom. The Kier molecular flexibility index (Phi) is 2.63. The zero-order valence-electron chi connectivity index (χ0n) is 15.0. The van der Waals surface area contributed by atoms with Gasteiger partial charge in [-0.25, -0.2) is 4.79 Å². The van der Waals surface area contributed by atoms with Gasteiger partial charge in [-0.3, -0.25) is 19.4 Å². The van der Waals surface area contributed by atoms with Gasteiger partial charge in [0.2, 0.25) is 11.8 Å². The Labute approximate surface area is 156 Å². The molecule has 2 saturated carbocycles. The van der Waals surface area contributed by atoms with E-state index in [4.69, 9.17) is 4.74 Å².